The van der Waals surface area contributed by atoms with Crippen molar-refractivity contribution in [1.82, 2.24) is 0 Å². The highest BCUT2D eigenvalue weighted by Crippen LogP contribution is 2.25. The highest BCUT2D eigenvalue weighted by Gasteiger charge is 2.19. The summed E-state index contributed by atoms with van der Waals surface area (Å²) in [5.41, 5.74) is 6.58. The molecule has 0 aliphatic rings. The summed E-state index contributed by atoms with van der Waals surface area (Å²) >= 11 is 0. The van der Waals surface area contributed by atoms with E-state index in [0.29, 0.717) is 23.4 Å². The van der Waals surface area contributed by atoms with Gasteiger partial charge in [0.05, 0.1) is 6.54 Å². The van der Waals surface area contributed by atoms with Crippen molar-refractivity contribution in [2.75, 3.05) is 10.2 Å². The minimum Gasteiger partial charge on any atom is -0.322 e. The van der Waals surface area contributed by atoms with Gasteiger partial charge in [-0.05, 0) is 71.6 Å². The van der Waals surface area contributed by atoms with Gasteiger partial charge < -0.3 is 10.2 Å². The summed E-state index contributed by atoms with van der Waals surface area (Å²) in [5, 5.41) is 2.98. The summed E-state index contributed by atoms with van der Waals surface area (Å²) in [4.78, 5) is 28.6. The van der Waals surface area contributed by atoms with Crippen molar-refractivity contribution in [3.05, 3.63) is 156 Å². The van der Waals surface area contributed by atoms with Gasteiger partial charge >= 0.3 is 0 Å². The Kier molecular flexibility index (Phi) is 7.42. The molecule has 2 amide bonds. The maximum atomic E-state index is 13.7. The van der Waals surface area contributed by atoms with E-state index in [-0.39, 0.29) is 11.8 Å². The summed E-state index contributed by atoms with van der Waals surface area (Å²) < 4.78 is 0. The number of hydrogen-bond donors (Lipinski definition) is 1. The topological polar surface area (TPSA) is 49.4 Å². The van der Waals surface area contributed by atoms with Gasteiger partial charge in [-0.25, -0.2) is 0 Å². The highest BCUT2D eigenvalue weighted by molar-refractivity contribution is 6.09. The van der Waals surface area contributed by atoms with Crippen LogP contribution in [0.5, 0.6) is 0 Å². The zero-order chi connectivity index (χ0) is 26.3. The van der Waals surface area contributed by atoms with Gasteiger partial charge in [-0.15, -0.1) is 0 Å². The first-order valence-corrected chi connectivity index (χ1v) is 12.6. The average molecular weight is 497 g/mol. The lowest BCUT2D eigenvalue weighted by atomic mass is 9.99. The van der Waals surface area contributed by atoms with Crippen molar-refractivity contribution in [3.8, 4) is 11.1 Å². The lowest BCUT2D eigenvalue weighted by Crippen LogP contribution is -2.30. The summed E-state index contributed by atoms with van der Waals surface area (Å²) in [7, 11) is 0. The molecule has 4 heteroatoms. The van der Waals surface area contributed by atoms with Crippen molar-refractivity contribution in [2.24, 2.45) is 0 Å². The van der Waals surface area contributed by atoms with E-state index in [4.69, 9.17) is 0 Å². The summed E-state index contributed by atoms with van der Waals surface area (Å²) in [6, 6.07) is 42.3. The normalized spacial score (nSPS) is 10.6. The molecule has 4 nitrogen and oxygen atoms in total. The molecule has 186 valence electrons. The monoisotopic (exact) mass is 496 g/mol. The molecular weight excluding hydrogens is 468 g/mol. The van der Waals surface area contributed by atoms with Crippen molar-refractivity contribution in [3.63, 3.8) is 0 Å². The van der Waals surface area contributed by atoms with E-state index in [1.807, 2.05) is 116 Å². The molecule has 5 aromatic rings. The molecule has 0 aromatic heterocycles. The van der Waals surface area contributed by atoms with Gasteiger partial charge in [0.25, 0.3) is 11.8 Å². The Hall–Kier alpha value is -4.96. The van der Waals surface area contributed by atoms with Crippen LogP contribution in [0.2, 0.25) is 0 Å². The maximum absolute atomic E-state index is 13.7. The molecule has 0 saturated heterocycles. The summed E-state index contributed by atoms with van der Waals surface area (Å²) in [6.07, 6.45) is 0. The van der Waals surface area contributed by atoms with E-state index in [0.717, 1.165) is 27.9 Å². The van der Waals surface area contributed by atoms with Gasteiger partial charge in [-0.1, -0.05) is 91.0 Å². The Morgan fingerprint density at radius 1 is 0.684 bits per heavy atom. The average Bonchev–Trinajstić information content (AvgIpc) is 2.97. The summed E-state index contributed by atoms with van der Waals surface area (Å²) in [6.45, 7) is 2.47. The fraction of sp³-hybridized carbons (Fsp3) is 0.0588. The number of benzene rings is 5. The molecule has 0 spiro atoms. The van der Waals surface area contributed by atoms with E-state index in [1.54, 1.807) is 29.2 Å². The van der Waals surface area contributed by atoms with Crippen LogP contribution in [0.3, 0.4) is 0 Å². The number of anilines is 2. The van der Waals surface area contributed by atoms with Crippen LogP contribution in [-0.4, -0.2) is 11.8 Å². The lowest BCUT2D eigenvalue weighted by Gasteiger charge is -2.24. The Morgan fingerprint density at radius 2 is 1.34 bits per heavy atom. The van der Waals surface area contributed by atoms with Crippen molar-refractivity contribution in [1.29, 1.82) is 0 Å². The van der Waals surface area contributed by atoms with Crippen LogP contribution >= 0.6 is 0 Å². The van der Waals surface area contributed by atoms with Crippen LogP contribution in [0, 0.1) is 6.92 Å². The second kappa shape index (κ2) is 11.4. The number of carbonyl (C=O) groups excluding carboxylic acids is 2. The largest absolute Gasteiger partial charge is 0.322 e. The Labute approximate surface area is 223 Å². The molecule has 0 atom stereocenters. The van der Waals surface area contributed by atoms with E-state index < -0.39 is 0 Å². The minimum absolute atomic E-state index is 0.105. The lowest BCUT2D eigenvalue weighted by molar-refractivity contribution is 0.0984. The molecule has 0 saturated carbocycles. The van der Waals surface area contributed by atoms with Crippen molar-refractivity contribution >= 4 is 23.2 Å². The van der Waals surface area contributed by atoms with E-state index in [9.17, 15) is 9.59 Å². The van der Waals surface area contributed by atoms with Crippen molar-refractivity contribution in [2.45, 2.75) is 13.5 Å². The van der Waals surface area contributed by atoms with Crippen LogP contribution in [0.25, 0.3) is 11.1 Å². The highest BCUT2D eigenvalue weighted by atomic mass is 16.2. The second-order valence-corrected chi connectivity index (χ2v) is 9.16. The first-order valence-electron chi connectivity index (χ1n) is 12.6. The number of carbonyl (C=O) groups is 2. The van der Waals surface area contributed by atoms with Gasteiger partial charge in [0, 0.05) is 22.5 Å². The minimum atomic E-state index is -0.200. The van der Waals surface area contributed by atoms with Crippen LogP contribution in [0.15, 0.2) is 133 Å². The zero-order valence-electron chi connectivity index (χ0n) is 21.2. The molecule has 0 aliphatic carbocycles. The van der Waals surface area contributed by atoms with Crippen LogP contribution in [-0.2, 0) is 6.54 Å². The molecular formula is C34H28N2O2. The van der Waals surface area contributed by atoms with Gasteiger partial charge in [-0.3, -0.25) is 9.59 Å². The van der Waals surface area contributed by atoms with Gasteiger partial charge in [0.15, 0.2) is 0 Å². The predicted molar refractivity (Wildman–Crippen MR) is 154 cm³/mol. The van der Waals surface area contributed by atoms with E-state index in [1.165, 1.54) is 0 Å². The number of rotatable bonds is 7. The third kappa shape index (κ3) is 5.71. The standard InChI is InChI=1S/C34H28N2O2/c1-25-11-10-16-30(23-25)36(24-26-12-4-2-5-13-26)34(38)28-19-21-29(22-20-28)35-33(37)32-18-9-8-17-31(32)27-14-6-3-7-15-27/h2-23H,24H2,1H3,(H,35,37). The number of nitrogens with one attached hydrogen (secondary N) is 1. The molecule has 5 rings (SSSR count). The van der Waals surface area contributed by atoms with E-state index >= 15 is 0 Å². The summed E-state index contributed by atoms with van der Waals surface area (Å²) in [5.74, 6) is -0.305. The molecule has 1 N–H and O–H groups in total. The third-order valence-electron chi connectivity index (χ3n) is 6.39. The number of aryl methyl sites for hydroxylation is 1. The molecule has 38 heavy (non-hydrogen) atoms. The predicted octanol–water partition coefficient (Wildman–Crippen LogP) is 7.76. The van der Waals surface area contributed by atoms with Crippen LogP contribution < -0.4 is 10.2 Å². The fourth-order valence-electron chi connectivity index (χ4n) is 4.44. The SMILES string of the molecule is Cc1cccc(N(Cc2ccccc2)C(=O)c2ccc(NC(=O)c3ccccc3-c3ccccc3)cc2)c1. The molecule has 5 aromatic carbocycles. The number of amides is 2. The Balaban J connectivity index is 1.37. The molecule has 0 aliphatic heterocycles. The van der Waals surface area contributed by atoms with Gasteiger partial charge in [0.1, 0.15) is 0 Å². The third-order valence-corrected chi connectivity index (χ3v) is 6.39. The Bertz CT molecular complexity index is 1550. The van der Waals surface area contributed by atoms with Crippen molar-refractivity contribution < 1.29 is 9.59 Å². The van der Waals surface area contributed by atoms with Gasteiger partial charge in [-0.2, -0.15) is 0 Å². The number of nitrogens with zero attached hydrogens (tertiary/aromatic N) is 1. The van der Waals surface area contributed by atoms with Gasteiger partial charge in [0.2, 0.25) is 0 Å². The number of hydrogen-bond acceptors (Lipinski definition) is 2. The smallest absolute Gasteiger partial charge is 0.258 e. The fourth-order valence-corrected chi connectivity index (χ4v) is 4.44. The van der Waals surface area contributed by atoms with E-state index in [2.05, 4.69) is 5.32 Å². The molecule has 0 unspecified atom stereocenters. The molecule has 0 radical (unpaired) electrons. The molecule has 0 fully saturated rings. The second-order valence-electron chi connectivity index (χ2n) is 9.16. The van der Waals surface area contributed by atoms with Crippen LogP contribution in [0.4, 0.5) is 11.4 Å². The first kappa shape index (κ1) is 24.7. The molecule has 0 bridgehead atoms. The Morgan fingerprint density at radius 3 is 2.05 bits per heavy atom. The molecule has 0 heterocycles. The van der Waals surface area contributed by atoms with Crippen LogP contribution in [0.1, 0.15) is 31.8 Å². The first-order chi connectivity index (χ1) is 18.6. The quantitative estimate of drug-likeness (QED) is 0.250. The zero-order valence-corrected chi connectivity index (χ0v) is 21.2. The maximum Gasteiger partial charge on any atom is 0.258 e.